The molecule has 0 atom stereocenters. The van der Waals surface area contributed by atoms with E-state index in [0.717, 1.165) is 17.8 Å². The largest absolute Gasteiger partial charge is 0.333 e. The Morgan fingerprint density at radius 2 is 1.95 bits per heavy atom. The van der Waals surface area contributed by atoms with Crippen LogP contribution in [0.1, 0.15) is 18.2 Å². The van der Waals surface area contributed by atoms with E-state index in [1.165, 1.54) is 0 Å². The predicted molar refractivity (Wildman–Crippen MR) is 71.1 cm³/mol. The van der Waals surface area contributed by atoms with Crippen molar-refractivity contribution in [1.29, 1.82) is 0 Å². The summed E-state index contributed by atoms with van der Waals surface area (Å²) in [6, 6.07) is 6.57. The standard InChI is InChI=1S/C13H16N2O3S/c1-3-15-10-14-8-12(15)9-18-19(16,17)13-6-4-11(2)5-7-13/h4-8,10H,3,9H2,1-2H3. The number of imidazole rings is 1. The number of hydrogen-bond donors (Lipinski definition) is 0. The van der Waals surface area contributed by atoms with E-state index in [4.69, 9.17) is 4.18 Å². The second-order valence-corrected chi connectivity index (χ2v) is 5.82. The molecule has 102 valence electrons. The maximum Gasteiger partial charge on any atom is 0.297 e. The molecular weight excluding hydrogens is 264 g/mol. The lowest BCUT2D eigenvalue weighted by atomic mass is 10.2. The zero-order valence-electron chi connectivity index (χ0n) is 10.9. The molecule has 0 fully saturated rings. The Bertz CT molecular complexity index is 645. The molecule has 0 saturated heterocycles. The van der Waals surface area contributed by atoms with Gasteiger partial charge in [0.2, 0.25) is 0 Å². The van der Waals surface area contributed by atoms with Gasteiger partial charge in [-0.25, -0.2) is 4.98 Å². The van der Waals surface area contributed by atoms with Crippen molar-refractivity contribution in [1.82, 2.24) is 9.55 Å². The summed E-state index contributed by atoms with van der Waals surface area (Å²) in [6.07, 6.45) is 3.26. The van der Waals surface area contributed by atoms with Crippen LogP contribution in [-0.4, -0.2) is 18.0 Å². The summed E-state index contributed by atoms with van der Waals surface area (Å²) in [5, 5.41) is 0. The van der Waals surface area contributed by atoms with E-state index in [1.807, 2.05) is 18.4 Å². The van der Waals surface area contributed by atoms with Crippen molar-refractivity contribution in [3.05, 3.63) is 48.0 Å². The van der Waals surface area contributed by atoms with Crippen LogP contribution in [0.4, 0.5) is 0 Å². The SMILES string of the molecule is CCn1cncc1COS(=O)(=O)c1ccc(C)cc1. The average molecular weight is 280 g/mol. The van der Waals surface area contributed by atoms with E-state index in [9.17, 15) is 8.42 Å². The van der Waals surface area contributed by atoms with Gasteiger partial charge in [0.15, 0.2) is 0 Å². The molecule has 2 rings (SSSR count). The highest BCUT2D eigenvalue weighted by molar-refractivity contribution is 7.86. The summed E-state index contributed by atoms with van der Waals surface area (Å²) in [7, 11) is -3.72. The molecule has 5 nitrogen and oxygen atoms in total. The molecule has 0 radical (unpaired) electrons. The van der Waals surface area contributed by atoms with E-state index in [2.05, 4.69) is 4.98 Å². The maximum atomic E-state index is 12.0. The number of benzene rings is 1. The van der Waals surface area contributed by atoms with Crippen LogP contribution in [0, 0.1) is 6.92 Å². The van der Waals surface area contributed by atoms with Crippen LogP contribution in [0.3, 0.4) is 0 Å². The van der Waals surface area contributed by atoms with Crippen molar-refractivity contribution >= 4 is 10.1 Å². The zero-order valence-corrected chi connectivity index (χ0v) is 11.7. The first-order chi connectivity index (χ1) is 9.03. The van der Waals surface area contributed by atoms with Gasteiger partial charge in [0.05, 0.1) is 23.1 Å². The molecule has 2 aromatic rings. The van der Waals surface area contributed by atoms with E-state index < -0.39 is 10.1 Å². The van der Waals surface area contributed by atoms with Crippen LogP contribution in [0.5, 0.6) is 0 Å². The Balaban J connectivity index is 2.12. The Labute approximate surface area is 113 Å². The van der Waals surface area contributed by atoms with Crippen molar-refractivity contribution < 1.29 is 12.6 Å². The van der Waals surface area contributed by atoms with Crippen LogP contribution in [0.15, 0.2) is 41.7 Å². The zero-order chi connectivity index (χ0) is 13.9. The second-order valence-electron chi connectivity index (χ2n) is 4.20. The Morgan fingerprint density at radius 1 is 1.26 bits per heavy atom. The van der Waals surface area contributed by atoms with Crippen LogP contribution in [0.2, 0.25) is 0 Å². The van der Waals surface area contributed by atoms with Gasteiger partial charge in [-0.3, -0.25) is 4.18 Å². The summed E-state index contributed by atoms with van der Waals surface area (Å²) in [5.74, 6) is 0. The maximum absolute atomic E-state index is 12.0. The molecule has 0 aliphatic rings. The van der Waals surface area contributed by atoms with E-state index in [1.54, 1.807) is 36.8 Å². The molecule has 0 N–H and O–H groups in total. The summed E-state index contributed by atoms with van der Waals surface area (Å²) < 4.78 is 30.9. The molecule has 0 aliphatic heterocycles. The Hall–Kier alpha value is -1.66. The third kappa shape index (κ3) is 3.21. The van der Waals surface area contributed by atoms with Gasteiger partial charge >= 0.3 is 0 Å². The van der Waals surface area contributed by atoms with Crippen LogP contribution < -0.4 is 0 Å². The molecule has 19 heavy (non-hydrogen) atoms. The van der Waals surface area contributed by atoms with Crippen molar-refractivity contribution in [2.45, 2.75) is 31.9 Å². The number of rotatable bonds is 5. The smallest absolute Gasteiger partial charge is 0.297 e. The third-order valence-electron chi connectivity index (χ3n) is 2.81. The topological polar surface area (TPSA) is 61.2 Å². The molecule has 0 unspecified atom stereocenters. The minimum absolute atomic E-state index is 0.00987. The molecule has 0 bridgehead atoms. The number of aryl methyl sites for hydroxylation is 2. The minimum Gasteiger partial charge on any atom is -0.333 e. The highest BCUT2D eigenvalue weighted by Gasteiger charge is 2.15. The minimum atomic E-state index is -3.72. The normalized spacial score (nSPS) is 11.7. The van der Waals surface area contributed by atoms with Gasteiger partial charge in [-0.05, 0) is 26.0 Å². The molecule has 0 aliphatic carbocycles. The van der Waals surface area contributed by atoms with Crippen LogP contribution >= 0.6 is 0 Å². The summed E-state index contributed by atoms with van der Waals surface area (Å²) in [4.78, 5) is 4.13. The van der Waals surface area contributed by atoms with Crippen molar-refractivity contribution in [2.24, 2.45) is 0 Å². The summed E-state index contributed by atoms with van der Waals surface area (Å²) in [6.45, 7) is 4.57. The molecule has 0 saturated carbocycles. The number of hydrogen-bond acceptors (Lipinski definition) is 4. The fraction of sp³-hybridized carbons (Fsp3) is 0.308. The first kappa shape index (κ1) is 13.8. The van der Waals surface area contributed by atoms with E-state index in [0.29, 0.717) is 0 Å². The van der Waals surface area contributed by atoms with E-state index in [-0.39, 0.29) is 11.5 Å². The quantitative estimate of drug-likeness (QED) is 0.787. The molecule has 1 aromatic heterocycles. The molecular formula is C13H16N2O3S. The van der Waals surface area contributed by atoms with Gasteiger partial charge in [-0.2, -0.15) is 8.42 Å². The highest BCUT2D eigenvalue weighted by Crippen LogP contribution is 2.15. The molecule has 1 aromatic carbocycles. The fourth-order valence-corrected chi connectivity index (χ4v) is 2.55. The Morgan fingerprint density at radius 3 is 2.58 bits per heavy atom. The summed E-state index contributed by atoms with van der Waals surface area (Å²) in [5.41, 5.74) is 1.74. The second kappa shape index (κ2) is 5.54. The van der Waals surface area contributed by atoms with Gasteiger partial charge in [-0.1, -0.05) is 17.7 Å². The fourth-order valence-electron chi connectivity index (χ4n) is 1.66. The average Bonchev–Trinajstić information content (AvgIpc) is 2.84. The Kier molecular flexibility index (Phi) is 4.01. The van der Waals surface area contributed by atoms with Crippen LogP contribution in [0.25, 0.3) is 0 Å². The van der Waals surface area contributed by atoms with Gasteiger partial charge in [0.1, 0.15) is 6.61 Å². The molecule has 6 heteroatoms. The first-order valence-electron chi connectivity index (χ1n) is 5.98. The van der Waals surface area contributed by atoms with Crippen molar-refractivity contribution in [3.63, 3.8) is 0 Å². The molecule has 1 heterocycles. The lowest BCUT2D eigenvalue weighted by Gasteiger charge is -2.07. The van der Waals surface area contributed by atoms with Crippen molar-refractivity contribution in [2.75, 3.05) is 0 Å². The van der Waals surface area contributed by atoms with E-state index >= 15 is 0 Å². The van der Waals surface area contributed by atoms with Gasteiger partial charge in [0.25, 0.3) is 10.1 Å². The predicted octanol–water partition coefficient (Wildman–Crippen LogP) is 2.12. The number of nitrogens with zero attached hydrogens (tertiary/aromatic N) is 2. The number of aromatic nitrogens is 2. The molecule has 0 amide bonds. The van der Waals surface area contributed by atoms with Gasteiger partial charge in [-0.15, -0.1) is 0 Å². The van der Waals surface area contributed by atoms with Gasteiger partial charge < -0.3 is 4.57 Å². The summed E-state index contributed by atoms with van der Waals surface area (Å²) >= 11 is 0. The monoisotopic (exact) mass is 280 g/mol. The third-order valence-corrected chi connectivity index (χ3v) is 4.09. The molecule has 0 spiro atoms. The highest BCUT2D eigenvalue weighted by atomic mass is 32.2. The van der Waals surface area contributed by atoms with Crippen molar-refractivity contribution in [3.8, 4) is 0 Å². The first-order valence-corrected chi connectivity index (χ1v) is 7.39. The lowest BCUT2D eigenvalue weighted by Crippen LogP contribution is -2.09. The van der Waals surface area contributed by atoms with Crippen LogP contribution in [-0.2, 0) is 27.5 Å². The lowest BCUT2D eigenvalue weighted by molar-refractivity contribution is 0.298. The van der Waals surface area contributed by atoms with Gasteiger partial charge in [0, 0.05) is 6.54 Å².